The Morgan fingerprint density at radius 2 is 2.33 bits per heavy atom. The Morgan fingerprint density at radius 1 is 1.50 bits per heavy atom. The number of fused-ring (bicyclic) bond motifs is 1. The molecule has 2 aromatic heterocycles. The number of ether oxygens (including phenoxy) is 2. The van der Waals surface area contributed by atoms with Gasteiger partial charge in [-0.15, -0.1) is 0 Å². The molecule has 132 valence electrons. The quantitative estimate of drug-likeness (QED) is 0.596. The second-order valence-corrected chi connectivity index (χ2v) is 6.77. The Labute approximate surface area is 143 Å². The smallest absolute Gasteiger partial charge is 0.247 e. The van der Waals surface area contributed by atoms with E-state index in [0.717, 1.165) is 11.5 Å². The van der Waals surface area contributed by atoms with Crippen molar-refractivity contribution in [2.75, 3.05) is 30.5 Å². The van der Waals surface area contributed by atoms with Gasteiger partial charge in [0.25, 0.3) is 0 Å². The minimum absolute atomic E-state index is 0.0830. The first-order valence-electron chi connectivity index (χ1n) is 7.79. The number of imidazole rings is 1. The standard InChI is InChI=1S/C14H21N5O4S/c1-2-24-4-3-22-13-11-12(17-14(15)18-13)19(7-16-11)10-5-8(21)9(6-20)23-10/h7-10,20-21H,2-6H2,1H3,(H2,15,17,18)/t8-,9+,10?/m0/s1. The first kappa shape index (κ1) is 17.2. The minimum atomic E-state index is -0.738. The zero-order chi connectivity index (χ0) is 17.1. The van der Waals surface area contributed by atoms with E-state index in [4.69, 9.17) is 15.2 Å². The fourth-order valence-electron chi connectivity index (χ4n) is 2.61. The number of rotatable bonds is 7. The lowest BCUT2D eigenvalue weighted by Crippen LogP contribution is -2.24. The average Bonchev–Trinajstić information content (AvgIpc) is 3.14. The molecule has 1 fully saturated rings. The summed E-state index contributed by atoms with van der Waals surface area (Å²) >= 11 is 1.77. The van der Waals surface area contributed by atoms with Gasteiger partial charge in [0.05, 0.1) is 25.6 Å². The molecule has 4 N–H and O–H groups in total. The van der Waals surface area contributed by atoms with Crippen LogP contribution in [0, 0.1) is 0 Å². The largest absolute Gasteiger partial charge is 0.475 e. The van der Waals surface area contributed by atoms with Crippen molar-refractivity contribution >= 4 is 28.9 Å². The molecule has 1 aliphatic heterocycles. The lowest BCUT2D eigenvalue weighted by atomic mass is 10.2. The molecule has 1 aliphatic rings. The number of aromatic nitrogens is 4. The van der Waals surface area contributed by atoms with E-state index in [0.29, 0.717) is 30.1 Å². The summed E-state index contributed by atoms with van der Waals surface area (Å²) in [4.78, 5) is 12.6. The van der Waals surface area contributed by atoms with Crippen LogP contribution in [0.25, 0.3) is 11.2 Å². The molecule has 0 radical (unpaired) electrons. The van der Waals surface area contributed by atoms with Crippen LogP contribution >= 0.6 is 11.8 Å². The number of thioether (sulfide) groups is 1. The van der Waals surface area contributed by atoms with Crippen LogP contribution < -0.4 is 10.5 Å². The number of nitrogens with two attached hydrogens (primary N) is 1. The molecule has 0 spiro atoms. The molecule has 0 amide bonds. The summed E-state index contributed by atoms with van der Waals surface area (Å²) in [5.41, 5.74) is 6.76. The molecule has 0 bridgehead atoms. The zero-order valence-electron chi connectivity index (χ0n) is 13.3. The first-order valence-corrected chi connectivity index (χ1v) is 8.94. The van der Waals surface area contributed by atoms with Gasteiger partial charge in [0, 0.05) is 12.2 Å². The van der Waals surface area contributed by atoms with Gasteiger partial charge in [0.1, 0.15) is 12.3 Å². The summed E-state index contributed by atoms with van der Waals surface area (Å²) in [6, 6.07) is 0. The van der Waals surface area contributed by atoms with Crippen molar-refractivity contribution in [3.05, 3.63) is 6.33 Å². The predicted octanol–water partition coefficient (Wildman–Crippen LogP) is 0.181. The monoisotopic (exact) mass is 355 g/mol. The highest BCUT2D eigenvalue weighted by molar-refractivity contribution is 7.99. The van der Waals surface area contributed by atoms with Crippen molar-refractivity contribution in [2.45, 2.75) is 31.8 Å². The highest BCUT2D eigenvalue weighted by Crippen LogP contribution is 2.32. The van der Waals surface area contributed by atoms with E-state index < -0.39 is 18.4 Å². The normalized spacial score (nSPS) is 23.9. The van der Waals surface area contributed by atoms with Crippen LogP contribution in [0.1, 0.15) is 19.6 Å². The van der Waals surface area contributed by atoms with Gasteiger partial charge in [-0.1, -0.05) is 6.92 Å². The van der Waals surface area contributed by atoms with E-state index in [1.54, 1.807) is 22.7 Å². The second kappa shape index (κ2) is 7.51. The van der Waals surface area contributed by atoms with Crippen LogP contribution in [0.2, 0.25) is 0 Å². The molecule has 0 saturated carbocycles. The lowest BCUT2D eigenvalue weighted by Gasteiger charge is -2.14. The molecular formula is C14H21N5O4S. The van der Waals surface area contributed by atoms with Crippen molar-refractivity contribution in [1.82, 2.24) is 19.5 Å². The van der Waals surface area contributed by atoms with Gasteiger partial charge in [-0.05, 0) is 5.75 Å². The van der Waals surface area contributed by atoms with Gasteiger partial charge in [-0.3, -0.25) is 4.57 Å². The van der Waals surface area contributed by atoms with Crippen molar-refractivity contribution in [3.63, 3.8) is 0 Å². The van der Waals surface area contributed by atoms with E-state index in [1.165, 1.54) is 0 Å². The van der Waals surface area contributed by atoms with E-state index in [-0.39, 0.29) is 12.6 Å². The number of hydrogen-bond donors (Lipinski definition) is 3. The lowest BCUT2D eigenvalue weighted by molar-refractivity contribution is -0.0432. The molecule has 10 heteroatoms. The summed E-state index contributed by atoms with van der Waals surface area (Å²) < 4.78 is 13.0. The highest BCUT2D eigenvalue weighted by atomic mass is 32.2. The van der Waals surface area contributed by atoms with E-state index >= 15 is 0 Å². The Bertz CT molecular complexity index is 697. The number of nitrogen functional groups attached to an aromatic ring is 1. The van der Waals surface area contributed by atoms with E-state index in [9.17, 15) is 10.2 Å². The van der Waals surface area contributed by atoms with E-state index in [2.05, 4.69) is 21.9 Å². The van der Waals surface area contributed by atoms with Crippen molar-refractivity contribution in [1.29, 1.82) is 0 Å². The van der Waals surface area contributed by atoms with Crippen LogP contribution in [0.4, 0.5) is 5.95 Å². The molecule has 3 heterocycles. The van der Waals surface area contributed by atoms with Crippen LogP contribution in [0.5, 0.6) is 5.88 Å². The maximum atomic E-state index is 9.90. The van der Waals surface area contributed by atoms with Crippen LogP contribution in [-0.4, -0.2) is 66.7 Å². The van der Waals surface area contributed by atoms with Crippen molar-refractivity contribution in [3.8, 4) is 5.88 Å². The Hall–Kier alpha value is -1.62. The molecule has 9 nitrogen and oxygen atoms in total. The molecule has 0 aromatic carbocycles. The first-order chi connectivity index (χ1) is 11.6. The molecule has 3 atom stereocenters. The van der Waals surface area contributed by atoms with Gasteiger partial charge in [0.2, 0.25) is 11.8 Å². The summed E-state index contributed by atoms with van der Waals surface area (Å²) in [5, 5.41) is 19.1. The predicted molar refractivity (Wildman–Crippen MR) is 89.8 cm³/mol. The summed E-state index contributed by atoms with van der Waals surface area (Å²) in [6.07, 6.45) is 0.0693. The van der Waals surface area contributed by atoms with Crippen LogP contribution in [0.3, 0.4) is 0 Å². The zero-order valence-corrected chi connectivity index (χ0v) is 14.1. The maximum Gasteiger partial charge on any atom is 0.247 e. The number of nitrogens with zero attached hydrogens (tertiary/aromatic N) is 4. The van der Waals surface area contributed by atoms with Crippen LogP contribution in [-0.2, 0) is 4.74 Å². The molecule has 2 aromatic rings. The van der Waals surface area contributed by atoms with Gasteiger partial charge >= 0.3 is 0 Å². The molecule has 1 saturated heterocycles. The van der Waals surface area contributed by atoms with Gasteiger partial charge in [-0.2, -0.15) is 21.7 Å². The molecule has 3 rings (SSSR count). The molecule has 0 aliphatic carbocycles. The van der Waals surface area contributed by atoms with E-state index in [1.807, 2.05) is 0 Å². The van der Waals surface area contributed by atoms with Gasteiger partial charge in [0.15, 0.2) is 11.2 Å². The summed E-state index contributed by atoms with van der Waals surface area (Å²) in [5.74, 6) is 2.29. The Balaban J connectivity index is 1.85. The molecule has 24 heavy (non-hydrogen) atoms. The van der Waals surface area contributed by atoms with Crippen LogP contribution in [0.15, 0.2) is 6.33 Å². The molecular weight excluding hydrogens is 334 g/mol. The average molecular weight is 355 g/mol. The minimum Gasteiger partial charge on any atom is -0.475 e. The number of aliphatic hydroxyl groups excluding tert-OH is 2. The topological polar surface area (TPSA) is 129 Å². The third kappa shape index (κ3) is 3.41. The fraction of sp³-hybridized carbons (Fsp3) is 0.643. The summed E-state index contributed by atoms with van der Waals surface area (Å²) in [6.45, 7) is 2.34. The molecule has 1 unspecified atom stereocenters. The van der Waals surface area contributed by atoms with Crippen molar-refractivity contribution < 1.29 is 19.7 Å². The third-order valence-corrected chi connectivity index (χ3v) is 4.64. The highest BCUT2D eigenvalue weighted by Gasteiger charge is 2.35. The second-order valence-electron chi connectivity index (χ2n) is 5.37. The SMILES string of the molecule is CCSCCOc1nc(N)nc2c1ncn2C1C[C@H](O)[C@@H](CO)O1. The number of hydrogen-bond acceptors (Lipinski definition) is 9. The summed E-state index contributed by atoms with van der Waals surface area (Å²) in [7, 11) is 0. The van der Waals surface area contributed by atoms with Gasteiger partial charge in [-0.25, -0.2) is 4.98 Å². The van der Waals surface area contributed by atoms with Gasteiger partial charge < -0.3 is 25.4 Å². The number of aliphatic hydroxyl groups is 2. The fourth-order valence-corrected chi connectivity index (χ4v) is 3.10. The Kier molecular flexibility index (Phi) is 5.39. The third-order valence-electron chi connectivity index (χ3n) is 3.77. The Morgan fingerprint density at radius 3 is 3.04 bits per heavy atom. The maximum absolute atomic E-state index is 9.90. The number of anilines is 1. The van der Waals surface area contributed by atoms with Crippen molar-refractivity contribution in [2.24, 2.45) is 0 Å².